The fraction of sp³-hybridized carbons (Fsp3) is 0.467. The van der Waals surface area contributed by atoms with Gasteiger partial charge in [-0.25, -0.2) is 4.79 Å². The van der Waals surface area contributed by atoms with Crippen LogP contribution in [0.5, 0.6) is 0 Å². The fourth-order valence-corrected chi connectivity index (χ4v) is 2.96. The third-order valence-electron chi connectivity index (χ3n) is 4.08. The van der Waals surface area contributed by atoms with Gasteiger partial charge in [-0.05, 0) is 37.5 Å². The van der Waals surface area contributed by atoms with Crippen LogP contribution in [0.15, 0.2) is 30.9 Å². The second-order valence-corrected chi connectivity index (χ2v) is 5.60. The summed E-state index contributed by atoms with van der Waals surface area (Å²) in [7, 11) is 1.87. The molecule has 7 nitrogen and oxygen atoms in total. The van der Waals surface area contributed by atoms with E-state index >= 15 is 0 Å². The lowest BCUT2D eigenvalue weighted by Gasteiger charge is -2.26. The van der Waals surface area contributed by atoms with Crippen LogP contribution in [-0.2, 0) is 7.05 Å². The van der Waals surface area contributed by atoms with Crippen molar-refractivity contribution in [2.75, 3.05) is 6.54 Å². The second-order valence-electron chi connectivity index (χ2n) is 5.60. The number of carbonyl (C=O) groups excluding carboxylic acids is 1. The summed E-state index contributed by atoms with van der Waals surface area (Å²) in [6.45, 7) is 2.68. The van der Waals surface area contributed by atoms with Crippen molar-refractivity contribution in [2.45, 2.75) is 31.8 Å². The zero-order chi connectivity index (χ0) is 15.5. The van der Waals surface area contributed by atoms with E-state index in [9.17, 15) is 4.79 Å². The minimum absolute atomic E-state index is 0.0604. The smallest absolute Gasteiger partial charge is 0.318 e. The maximum atomic E-state index is 12.6. The van der Waals surface area contributed by atoms with Crippen molar-refractivity contribution in [3.8, 4) is 0 Å². The zero-order valence-corrected chi connectivity index (χ0v) is 12.8. The third-order valence-corrected chi connectivity index (χ3v) is 4.08. The van der Waals surface area contributed by atoms with Gasteiger partial charge in [0.15, 0.2) is 5.82 Å². The quantitative estimate of drug-likeness (QED) is 0.938. The number of likely N-dealkylation sites (tertiary alicyclic amines) is 1. The summed E-state index contributed by atoms with van der Waals surface area (Å²) >= 11 is 0. The van der Waals surface area contributed by atoms with Crippen LogP contribution in [0.1, 0.15) is 43.2 Å². The van der Waals surface area contributed by atoms with Crippen LogP contribution in [0.3, 0.4) is 0 Å². The molecule has 1 fully saturated rings. The summed E-state index contributed by atoms with van der Waals surface area (Å²) in [6.07, 6.45) is 7.17. The van der Waals surface area contributed by atoms with E-state index < -0.39 is 0 Å². The van der Waals surface area contributed by atoms with Crippen LogP contribution in [0.25, 0.3) is 0 Å². The molecule has 1 saturated heterocycles. The average Bonchev–Trinajstić information content (AvgIpc) is 3.16. The number of nitrogens with zero attached hydrogens (tertiary/aromatic N) is 5. The van der Waals surface area contributed by atoms with Gasteiger partial charge in [0.25, 0.3) is 0 Å². The minimum Gasteiger partial charge on any atom is -0.328 e. The molecule has 2 amide bonds. The molecule has 0 spiro atoms. The molecule has 0 radical (unpaired) electrons. The van der Waals surface area contributed by atoms with Crippen LogP contribution in [-0.4, -0.2) is 37.2 Å². The van der Waals surface area contributed by atoms with Crippen LogP contribution < -0.4 is 5.32 Å². The normalized spacial score (nSPS) is 19.2. The molecule has 0 aromatic carbocycles. The molecule has 22 heavy (non-hydrogen) atoms. The van der Waals surface area contributed by atoms with Gasteiger partial charge in [0.05, 0.1) is 12.1 Å². The van der Waals surface area contributed by atoms with Crippen molar-refractivity contribution in [1.29, 1.82) is 0 Å². The largest absolute Gasteiger partial charge is 0.328 e. The summed E-state index contributed by atoms with van der Waals surface area (Å²) in [5, 5.41) is 10.9. The van der Waals surface area contributed by atoms with Crippen LogP contribution >= 0.6 is 0 Å². The lowest BCUT2D eigenvalue weighted by molar-refractivity contribution is 0.189. The van der Waals surface area contributed by atoms with Crippen molar-refractivity contribution in [3.05, 3.63) is 42.2 Å². The summed E-state index contributed by atoms with van der Waals surface area (Å²) in [6, 6.07) is 3.83. The van der Waals surface area contributed by atoms with E-state index in [0.717, 1.165) is 30.8 Å². The Balaban J connectivity index is 1.70. The molecular weight excluding hydrogens is 280 g/mol. The van der Waals surface area contributed by atoms with E-state index in [2.05, 4.69) is 20.5 Å². The van der Waals surface area contributed by atoms with E-state index in [1.807, 2.05) is 35.6 Å². The minimum atomic E-state index is -0.182. The Morgan fingerprint density at radius 3 is 2.86 bits per heavy atom. The number of urea groups is 1. The number of rotatable bonds is 3. The number of hydrogen-bond donors (Lipinski definition) is 1. The summed E-state index contributed by atoms with van der Waals surface area (Å²) in [5.74, 6) is 0.744. The van der Waals surface area contributed by atoms with Crippen molar-refractivity contribution in [1.82, 2.24) is 30.0 Å². The molecule has 3 rings (SSSR count). The topological polar surface area (TPSA) is 75.9 Å². The van der Waals surface area contributed by atoms with Gasteiger partial charge in [-0.1, -0.05) is 0 Å². The number of aryl methyl sites for hydroxylation is 1. The Morgan fingerprint density at radius 1 is 1.41 bits per heavy atom. The maximum absolute atomic E-state index is 12.6. The van der Waals surface area contributed by atoms with Crippen LogP contribution in [0.2, 0.25) is 0 Å². The number of pyridine rings is 1. The van der Waals surface area contributed by atoms with Crippen LogP contribution in [0, 0.1) is 0 Å². The van der Waals surface area contributed by atoms with Gasteiger partial charge >= 0.3 is 6.03 Å². The second kappa shape index (κ2) is 6.13. The number of amides is 2. The highest BCUT2D eigenvalue weighted by molar-refractivity contribution is 5.75. The molecule has 0 bridgehead atoms. The van der Waals surface area contributed by atoms with E-state index in [4.69, 9.17) is 0 Å². The van der Waals surface area contributed by atoms with Crippen molar-refractivity contribution in [3.63, 3.8) is 0 Å². The first-order valence-electron chi connectivity index (χ1n) is 7.48. The third kappa shape index (κ3) is 2.79. The molecular formula is C15H20N6O. The maximum Gasteiger partial charge on any atom is 0.318 e. The summed E-state index contributed by atoms with van der Waals surface area (Å²) in [4.78, 5) is 18.5. The Hall–Kier alpha value is -2.44. The van der Waals surface area contributed by atoms with E-state index in [0.29, 0.717) is 0 Å². The monoisotopic (exact) mass is 300 g/mol. The predicted molar refractivity (Wildman–Crippen MR) is 80.9 cm³/mol. The summed E-state index contributed by atoms with van der Waals surface area (Å²) in [5.41, 5.74) is 1.13. The first-order valence-corrected chi connectivity index (χ1v) is 7.48. The molecule has 2 aromatic rings. The molecule has 1 aliphatic rings. The van der Waals surface area contributed by atoms with Gasteiger partial charge in [-0.2, -0.15) is 0 Å². The number of hydrogen-bond acceptors (Lipinski definition) is 4. The molecule has 7 heteroatoms. The molecule has 2 atom stereocenters. The van der Waals surface area contributed by atoms with E-state index in [1.54, 1.807) is 18.7 Å². The first-order chi connectivity index (χ1) is 10.7. The molecule has 0 unspecified atom stereocenters. The fourth-order valence-electron chi connectivity index (χ4n) is 2.96. The summed E-state index contributed by atoms with van der Waals surface area (Å²) < 4.78 is 1.81. The van der Waals surface area contributed by atoms with Crippen LogP contribution in [0.4, 0.5) is 4.79 Å². The van der Waals surface area contributed by atoms with E-state index in [1.165, 1.54) is 0 Å². The van der Waals surface area contributed by atoms with Gasteiger partial charge in [0.1, 0.15) is 6.33 Å². The predicted octanol–water partition coefficient (Wildman–Crippen LogP) is 1.82. The Labute approximate surface area is 129 Å². The van der Waals surface area contributed by atoms with Crippen molar-refractivity contribution in [2.24, 2.45) is 7.05 Å². The van der Waals surface area contributed by atoms with Gasteiger partial charge in [0, 0.05) is 26.0 Å². The highest BCUT2D eigenvalue weighted by Crippen LogP contribution is 2.31. The highest BCUT2D eigenvalue weighted by atomic mass is 16.2. The lowest BCUT2D eigenvalue weighted by Crippen LogP contribution is -2.41. The molecule has 0 saturated carbocycles. The van der Waals surface area contributed by atoms with Crippen molar-refractivity contribution >= 4 is 6.03 Å². The SMILES string of the molecule is C[C@H](NC(=O)N1CCC[C@H]1c1ccncc1)c1nncn1C. The molecule has 1 aliphatic heterocycles. The van der Waals surface area contributed by atoms with Gasteiger partial charge in [-0.15, -0.1) is 10.2 Å². The Morgan fingerprint density at radius 2 is 2.18 bits per heavy atom. The standard InChI is InChI=1S/C15H20N6O/c1-11(14-19-17-10-20(14)2)18-15(22)21-9-3-4-13(21)12-5-7-16-8-6-12/h5-8,10-11,13H,3-4,9H2,1-2H3,(H,18,22)/t11-,13-/m0/s1. The lowest BCUT2D eigenvalue weighted by atomic mass is 10.1. The Kier molecular flexibility index (Phi) is 4.04. The zero-order valence-electron chi connectivity index (χ0n) is 12.8. The Bertz CT molecular complexity index is 640. The first kappa shape index (κ1) is 14.5. The van der Waals surface area contributed by atoms with Gasteiger partial charge in [-0.3, -0.25) is 4.98 Å². The molecule has 0 aliphatic carbocycles. The average molecular weight is 300 g/mol. The molecule has 3 heterocycles. The molecule has 116 valence electrons. The van der Waals surface area contributed by atoms with Crippen molar-refractivity contribution < 1.29 is 4.79 Å². The highest BCUT2D eigenvalue weighted by Gasteiger charge is 2.31. The number of carbonyl (C=O) groups is 1. The van der Waals surface area contributed by atoms with Gasteiger partial charge in [0.2, 0.25) is 0 Å². The number of nitrogens with one attached hydrogen (secondary N) is 1. The van der Waals surface area contributed by atoms with Gasteiger partial charge < -0.3 is 14.8 Å². The molecule has 2 aromatic heterocycles. The molecule has 1 N–H and O–H groups in total. The van der Waals surface area contributed by atoms with E-state index in [-0.39, 0.29) is 18.1 Å². The number of aromatic nitrogens is 4.